The van der Waals surface area contributed by atoms with Crippen LogP contribution in [0, 0.1) is 12.8 Å². The third-order valence-electron chi connectivity index (χ3n) is 5.44. The molecule has 0 aliphatic carbocycles. The van der Waals surface area contributed by atoms with Gasteiger partial charge < -0.3 is 14.4 Å². The second kappa shape index (κ2) is 7.31. The van der Waals surface area contributed by atoms with Gasteiger partial charge in [-0.2, -0.15) is 5.10 Å². The lowest BCUT2D eigenvalue weighted by molar-refractivity contribution is -0.0889. The Morgan fingerprint density at radius 2 is 1.89 bits per heavy atom. The molecule has 28 heavy (non-hydrogen) atoms. The number of rotatable bonds is 3. The third kappa shape index (κ3) is 3.23. The monoisotopic (exact) mass is 399 g/mol. The fraction of sp³-hybridized carbons (Fsp3) is 0.450. The van der Waals surface area contributed by atoms with E-state index in [4.69, 9.17) is 26.1 Å². The lowest BCUT2D eigenvalue weighted by Gasteiger charge is -2.34. The van der Waals surface area contributed by atoms with Crippen molar-refractivity contribution in [1.29, 1.82) is 0 Å². The highest BCUT2D eigenvalue weighted by Crippen LogP contribution is 2.32. The molecule has 2 fully saturated rings. The standard InChI is InChI=1S/C20H22ClN5O2/c1-13-23-18(25-7-5-14(6-8-25)20-27-9-10-28-20)17-12-22-26(19(17)24-13)16-4-2-3-15(21)11-16/h2-4,11-12,14,20H,5-10H2,1H3. The summed E-state index contributed by atoms with van der Waals surface area (Å²) in [5, 5.41) is 6.20. The topological polar surface area (TPSA) is 65.3 Å². The Morgan fingerprint density at radius 3 is 2.64 bits per heavy atom. The molecule has 0 saturated carbocycles. The maximum Gasteiger partial charge on any atom is 0.168 e. The molecule has 0 spiro atoms. The zero-order valence-corrected chi connectivity index (χ0v) is 16.5. The lowest BCUT2D eigenvalue weighted by atomic mass is 9.96. The van der Waals surface area contributed by atoms with Gasteiger partial charge >= 0.3 is 0 Å². The molecule has 0 atom stereocenters. The smallest absolute Gasteiger partial charge is 0.168 e. The number of aryl methyl sites for hydroxylation is 1. The van der Waals surface area contributed by atoms with Crippen LogP contribution < -0.4 is 4.90 Å². The fourth-order valence-electron chi connectivity index (χ4n) is 4.07. The Balaban J connectivity index is 1.45. The van der Waals surface area contributed by atoms with E-state index in [-0.39, 0.29) is 6.29 Å². The van der Waals surface area contributed by atoms with E-state index >= 15 is 0 Å². The highest BCUT2D eigenvalue weighted by Gasteiger charge is 2.31. The van der Waals surface area contributed by atoms with Crippen molar-refractivity contribution >= 4 is 28.5 Å². The first-order valence-corrected chi connectivity index (χ1v) is 10.0. The molecule has 8 heteroatoms. The molecule has 4 heterocycles. The Bertz CT molecular complexity index is 993. The second-order valence-corrected chi connectivity index (χ2v) is 7.74. The van der Waals surface area contributed by atoms with Gasteiger partial charge in [0, 0.05) is 24.0 Å². The van der Waals surface area contributed by atoms with E-state index in [9.17, 15) is 0 Å². The molecule has 0 radical (unpaired) electrons. The average molecular weight is 400 g/mol. The zero-order valence-electron chi connectivity index (χ0n) is 15.7. The molecular formula is C20H22ClN5O2. The number of ether oxygens (including phenoxy) is 2. The number of piperidine rings is 1. The van der Waals surface area contributed by atoms with Crippen molar-refractivity contribution in [2.45, 2.75) is 26.1 Å². The van der Waals surface area contributed by atoms with Crippen molar-refractivity contribution in [1.82, 2.24) is 19.7 Å². The summed E-state index contributed by atoms with van der Waals surface area (Å²) in [6.07, 6.45) is 3.86. The van der Waals surface area contributed by atoms with Crippen LogP contribution in [0.4, 0.5) is 5.82 Å². The van der Waals surface area contributed by atoms with E-state index in [1.165, 1.54) is 0 Å². The van der Waals surface area contributed by atoms with Crippen molar-refractivity contribution in [3.8, 4) is 5.69 Å². The second-order valence-electron chi connectivity index (χ2n) is 7.30. The van der Waals surface area contributed by atoms with E-state index in [1.807, 2.05) is 42.1 Å². The summed E-state index contributed by atoms with van der Waals surface area (Å²) >= 11 is 6.16. The van der Waals surface area contributed by atoms with Crippen molar-refractivity contribution in [3.05, 3.63) is 41.3 Å². The van der Waals surface area contributed by atoms with Crippen LogP contribution >= 0.6 is 11.6 Å². The Hall–Kier alpha value is -2.22. The number of benzene rings is 1. The number of nitrogens with zero attached hydrogens (tertiary/aromatic N) is 5. The van der Waals surface area contributed by atoms with E-state index in [1.54, 1.807) is 0 Å². The van der Waals surface area contributed by atoms with Crippen LogP contribution in [0.1, 0.15) is 18.7 Å². The summed E-state index contributed by atoms with van der Waals surface area (Å²) in [6.45, 7) is 5.17. The minimum Gasteiger partial charge on any atom is -0.356 e. The van der Waals surface area contributed by atoms with Gasteiger partial charge in [0.25, 0.3) is 0 Å². The molecule has 2 aromatic heterocycles. The summed E-state index contributed by atoms with van der Waals surface area (Å²) in [5.41, 5.74) is 1.69. The van der Waals surface area contributed by atoms with E-state index < -0.39 is 0 Å². The minimum atomic E-state index is -0.0418. The van der Waals surface area contributed by atoms with Crippen LogP contribution in [0.3, 0.4) is 0 Å². The van der Waals surface area contributed by atoms with Crippen LogP contribution in [-0.4, -0.2) is 52.3 Å². The van der Waals surface area contributed by atoms with Crippen molar-refractivity contribution in [2.75, 3.05) is 31.2 Å². The van der Waals surface area contributed by atoms with Crippen LogP contribution in [0.2, 0.25) is 5.02 Å². The summed E-state index contributed by atoms with van der Waals surface area (Å²) in [7, 11) is 0. The largest absolute Gasteiger partial charge is 0.356 e. The normalized spacial score (nSPS) is 19.0. The number of fused-ring (bicyclic) bond motifs is 1. The number of anilines is 1. The van der Waals surface area contributed by atoms with Gasteiger partial charge in [-0.25, -0.2) is 14.6 Å². The minimum absolute atomic E-state index is 0.0418. The molecule has 7 nitrogen and oxygen atoms in total. The molecular weight excluding hydrogens is 378 g/mol. The van der Waals surface area contributed by atoms with E-state index in [0.29, 0.717) is 24.2 Å². The summed E-state index contributed by atoms with van der Waals surface area (Å²) in [5.74, 6) is 2.13. The molecule has 3 aromatic rings. The van der Waals surface area contributed by atoms with Crippen molar-refractivity contribution in [3.63, 3.8) is 0 Å². The Labute approximate surface area is 168 Å². The average Bonchev–Trinajstić information content (AvgIpc) is 3.38. The first-order valence-electron chi connectivity index (χ1n) is 9.65. The Morgan fingerprint density at radius 1 is 1.11 bits per heavy atom. The van der Waals surface area contributed by atoms with E-state index in [0.717, 1.165) is 54.3 Å². The fourth-order valence-corrected chi connectivity index (χ4v) is 4.25. The van der Waals surface area contributed by atoms with Gasteiger partial charge in [-0.3, -0.25) is 0 Å². The summed E-state index contributed by atoms with van der Waals surface area (Å²) in [4.78, 5) is 11.7. The predicted octanol–water partition coefficient (Wildman–Crippen LogP) is 3.37. The van der Waals surface area contributed by atoms with Crippen LogP contribution in [-0.2, 0) is 9.47 Å². The number of aromatic nitrogens is 4. The molecule has 0 amide bonds. The van der Waals surface area contributed by atoms with Crippen LogP contribution in [0.5, 0.6) is 0 Å². The highest BCUT2D eigenvalue weighted by molar-refractivity contribution is 6.30. The van der Waals surface area contributed by atoms with Crippen molar-refractivity contribution in [2.24, 2.45) is 5.92 Å². The molecule has 1 aromatic carbocycles. The highest BCUT2D eigenvalue weighted by atomic mass is 35.5. The van der Waals surface area contributed by atoms with Crippen LogP contribution in [0.25, 0.3) is 16.7 Å². The van der Waals surface area contributed by atoms with Gasteiger partial charge in [0.2, 0.25) is 0 Å². The zero-order chi connectivity index (χ0) is 19.1. The number of hydrogen-bond acceptors (Lipinski definition) is 6. The van der Waals surface area contributed by atoms with Gasteiger partial charge in [0.05, 0.1) is 30.5 Å². The molecule has 2 aliphatic rings. The van der Waals surface area contributed by atoms with Gasteiger partial charge in [-0.15, -0.1) is 0 Å². The predicted molar refractivity (Wildman–Crippen MR) is 107 cm³/mol. The molecule has 2 saturated heterocycles. The summed E-state index contributed by atoms with van der Waals surface area (Å²) < 4.78 is 13.2. The number of halogens is 1. The Kier molecular flexibility index (Phi) is 4.66. The lowest BCUT2D eigenvalue weighted by Crippen LogP contribution is -2.38. The molecule has 0 bridgehead atoms. The molecule has 146 valence electrons. The van der Waals surface area contributed by atoms with E-state index in [2.05, 4.69) is 15.0 Å². The molecule has 0 N–H and O–H groups in total. The first kappa shape index (κ1) is 17.8. The third-order valence-corrected chi connectivity index (χ3v) is 5.68. The first-order chi connectivity index (χ1) is 13.7. The molecule has 0 unspecified atom stereocenters. The molecule has 2 aliphatic heterocycles. The maximum absolute atomic E-state index is 6.16. The van der Waals surface area contributed by atoms with Crippen molar-refractivity contribution < 1.29 is 9.47 Å². The molecule has 5 rings (SSSR count). The van der Waals surface area contributed by atoms with Gasteiger partial charge in [0.1, 0.15) is 11.6 Å². The SMILES string of the molecule is Cc1nc(N2CCC(C3OCCO3)CC2)c2cnn(-c3cccc(Cl)c3)c2n1. The summed E-state index contributed by atoms with van der Waals surface area (Å²) in [6, 6.07) is 7.63. The van der Waals surface area contributed by atoms with Gasteiger partial charge in [-0.1, -0.05) is 17.7 Å². The maximum atomic E-state index is 6.16. The van der Waals surface area contributed by atoms with Gasteiger partial charge in [-0.05, 0) is 38.0 Å². The van der Waals surface area contributed by atoms with Gasteiger partial charge in [0.15, 0.2) is 11.9 Å². The quantitative estimate of drug-likeness (QED) is 0.672. The van der Waals surface area contributed by atoms with Crippen LogP contribution in [0.15, 0.2) is 30.5 Å². The number of hydrogen-bond donors (Lipinski definition) is 0.